The Kier molecular flexibility index (Phi) is 7.65. The average molecular weight is 291 g/mol. The molecule has 2 N–H and O–H groups in total. The molecule has 1 atom stereocenters. The van der Waals surface area contributed by atoms with Gasteiger partial charge in [0.1, 0.15) is 5.75 Å². The Hall–Kier alpha value is -1.71. The van der Waals surface area contributed by atoms with Crippen molar-refractivity contribution < 1.29 is 4.74 Å². The number of hydrogen-bond donors (Lipinski definition) is 2. The Labute approximate surface area is 129 Å². The van der Waals surface area contributed by atoms with E-state index in [9.17, 15) is 0 Å². The van der Waals surface area contributed by atoms with Crippen LogP contribution in [0.1, 0.15) is 32.8 Å². The van der Waals surface area contributed by atoms with Gasteiger partial charge in [0, 0.05) is 19.6 Å². The van der Waals surface area contributed by atoms with Crippen LogP contribution in [0.4, 0.5) is 0 Å². The Morgan fingerprint density at radius 2 is 2.05 bits per heavy atom. The van der Waals surface area contributed by atoms with Crippen molar-refractivity contribution >= 4 is 5.96 Å². The number of guanidine groups is 1. The SMILES string of the molecule is CN=C(NCCCc1cccc(OC)c1)NC(C)C(C)C. The standard InChI is InChI=1S/C17H29N3O/c1-13(2)14(3)20-17(18-4)19-11-7-9-15-8-6-10-16(12-15)21-5/h6,8,10,12-14H,7,9,11H2,1-5H3,(H2,18,19,20). The molecule has 1 aromatic rings. The van der Waals surface area contributed by atoms with Gasteiger partial charge in [-0.05, 0) is 43.4 Å². The lowest BCUT2D eigenvalue weighted by Gasteiger charge is -2.20. The second-order valence-electron chi connectivity index (χ2n) is 5.63. The molecule has 0 fully saturated rings. The normalized spacial score (nSPS) is 13.1. The van der Waals surface area contributed by atoms with Crippen LogP contribution in [0.25, 0.3) is 0 Å². The van der Waals surface area contributed by atoms with Gasteiger partial charge in [-0.2, -0.15) is 0 Å². The number of rotatable bonds is 7. The molecule has 0 radical (unpaired) electrons. The summed E-state index contributed by atoms with van der Waals surface area (Å²) in [7, 11) is 3.51. The molecule has 0 heterocycles. The predicted molar refractivity (Wildman–Crippen MR) is 90.1 cm³/mol. The number of nitrogens with one attached hydrogen (secondary N) is 2. The van der Waals surface area contributed by atoms with E-state index in [0.29, 0.717) is 12.0 Å². The van der Waals surface area contributed by atoms with Crippen LogP contribution in [-0.2, 0) is 6.42 Å². The molecule has 4 heteroatoms. The molecular formula is C17H29N3O. The summed E-state index contributed by atoms with van der Waals surface area (Å²) in [5.74, 6) is 2.38. The number of methoxy groups -OCH3 is 1. The van der Waals surface area contributed by atoms with Crippen LogP contribution in [0.15, 0.2) is 29.3 Å². The first kappa shape index (κ1) is 17.3. The number of nitrogens with zero attached hydrogens (tertiary/aromatic N) is 1. The van der Waals surface area contributed by atoms with E-state index in [1.54, 1.807) is 7.11 Å². The van der Waals surface area contributed by atoms with Crippen molar-refractivity contribution in [1.29, 1.82) is 0 Å². The van der Waals surface area contributed by atoms with Crippen LogP contribution in [0.2, 0.25) is 0 Å². The van der Waals surface area contributed by atoms with Gasteiger partial charge in [-0.1, -0.05) is 26.0 Å². The third-order valence-corrected chi connectivity index (χ3v) is 3.66. The molecule has 0 aliphatic carbocycles. The number of hydrogen-bond acceptors (Lipinski definition) is 2. The molecule has 0 bridgehead atoms. The van der Waals surface area contributed by atoms with E-state index in [1.165, 1.54) is 5.56 Å². The van der Waals surface area contributed by atoms with Gasteiger partial charge < -0.3 is 15.4 Å². The number of ether oxygens (including phenoxy) is 1. The quantitative estimate of drug-likeness (QED) is 0.461. The maximum atomic E-state index is 5.24. The maximum absolute atomic E-state index is 5.24. The van der Waals surface area contributed by atoms with Crippen LogP contribution in [0.5, 0.6) is 5.75 Å². The van der Waals surface area contributed by atoms with Crippen molar-refractivity contribution in [3.63, 3.8) is 0 Å². The average Bonchev–Trinajstić information content (AvgIpc) is 2.50. The first-order chi connectivity index (χ1) is 10.1. The van der Waals surface area contributed by atoms with Crippen LogP contribution in [-0.4, -0.2) is 32.7 Å². The topological polar surface area (TPSA) is 45.7 Å². The van der Waals surface area contributed by atoms with Gasteiger partial charge in [-0.15, -0.1) is 0 Å². The summed E-state index contributed by atoms with van der Waals surface area (Å²) in [4.78, 5) is 4.26. The van der Waals surface area contributed by atoms with E-state index in [2.05, 4.69) is 48.5 Å². The lowest BCUT2D eigenvalue weighted by molar-refractivity contribution is 0.414. The molecule has 1 rings (SSSR count). The zero-order chi connectivity index (χ0) is 15.7. The smallest absolute Gasteiger partial charge is 0.191 e. The predicted octanol–water partition coefficient (Wildman–Crippen LogP) is 2.84. The minimum atomic E-state index is 0.412. The lowest BCUT2D eigenvalue weighted by atomic mass is 10.1. The molecule has 0 aliphatic heterocycles. The molecular weight excluding hydrogens is 262 g/mol. The summed E-state index contributed by atoms with van der Waals surface area (Å²) in [6, 6.07) is 8.65. The minimum absolute atomic E-state index is 0.412. The molecule has 0 spiro atoms. The fourth-order valence-corrected chi connectivity index (χ4v) is 1.90. The van der Waals surface area contributed by atoms with E-state index < -0.39 is 0 Å². The minimum Gasteiger partial charge on any atom is -0.497 e. The first-order valence-corrected chi connectivity index (χ1v) is 7.67. The highest BCUT2D eigenvalue weighted by Crippen LogP contribution is 2.13. The number of benzene rings is 1. The Bertz CT molecular complexity index is 443. The zero-order valence-electron chi connectivity index (χ0n) is 13.9. The van der Waals surface area contributed by atoms with Gasteiger partial charge in [0.05, 0.1) is 7.11 Å². The molecule has 1 unspecified atom stereocenters. The molecule has 0 saturated carbocycles. The monoisotopic (exact) mass is 291 g/mol. The van der Waals surface area contributed by atoms with E-state index in [1.807, 2.05) is 19.2 Å². The van der Waals surface area contributed by atoms with Crippen molar-refractivity contribution in [3.8, 4) is 5.75 Å². The summed E-state index contributed by atoms with van der Waals surface area (Å²) in [5, 5.41) is 6.76. The largest absolute Gasteiger partial charge is 0.497 e. The van der Waals surface area contributed by atoms with Crippen molar-refractivity contribution in [3.05, 3.63) is 29.8 Å². The van der Waals surface area contributed by atoms with Gasteiger partial charge in [-0.3, -0.25) is 4.99 Å². The van der Waals surface area contributed by atoms with Crippen LogP contribution < -0.4 is 15.4 Å². The molecule has 1 aromatic carbocycles. The van der Waals surface area contributed by atoms with Crippen molar-refractivity contribution in [2.75, 3.05) is 20.7 Å². The van der Waals surface area contributed by atoms with Crippen LogP contribution >= 0.6 is 0 Å². The summed E-state index contributed by atoms with van der Waals surface area (Å²) >= 11 is 0. The summed E-state index contributed by atoms with van der Waals surface area (Å²) in [6.07, 6.45) is 2.09. The summed E-state index contributed by atoms with van der Waals surface area (Å²) in [5.41, 5.74) is 1.30. The highest BCUT2D eigenvalue weighted by atomic mass is 16.5. The lowest BCUT2D eigenvalue weighted by Crippen LogP contribution is -2.44. The summed E-state index contributed by atoms with van der Waals surface area (Å²) < 4.78 is 5.24. The molecule has 0 aliphatic rings. The maximum Gasteiger partial charge on any atom is 0.191 e. The Balaban J connectivity index is 2.32. The van der Waals surface area contributed by atoms with Gasteiger partial charge in [0.2, 0.25) is 0 Å². The van der Waals surface area contributed by atoms with E-state index in [0.717, 1.165) is 31.1 Å². The van der Waals surface area contributed by atoms with E-state index in [-0.39, 0.29) is 0 Å². The van der Waals surface area contributed by atoms with E-state index in [4.69, 9.17) is 4.74 Å². The molecule has 0 aromatic heterocycles. The Morgan fingerprint density at radius 1 is 1.29 bits per heavy atom. The second-order valence-corrected chi connectivity index (χ2v) is 5.63. The van der Waals surface area contributed by atoms with Gasteiger partial charge in [0.25, 0.3) is 0 Å². The van der Waals surface area contributed by atoms with Crippen molar-refractivity contribution in [1.82, 2.24) is 10.6 Å². The molecule has 0 saturated heterocycles. The van der Waals surface area contributed by atoms with Crippen LogP contribution in [0, 0.1) is 5.92 Å². The van der Waals surface area contributed by atoms with Crippen LogP contribution in [0.3, 0.4) is 0 Å². The fourth-order valence-electron chi connectivity index (χ4n) is 1.90. The first-order valence-electron chi connectivity index (χ1n) is 7.67. The van der Waals surface area contributed by atoms with E-state index >= 15 is 0 Å². The van der Waals surface area contributed by atoms with Gasteiger partial charge in [0.15, 0.2) is 5.96 Å². The Morgan fingerprint density at radius 3 is 2.67 bits per heavy atom. The highest BCUT2D eigenvalue weighted by molar-refractivity contribution is 5.79. The van der Waals surface area contributed by atoms with Crippen molar-refractivity contribution in [2.24, 2.45) is 10.9 Å². The summed E-state index contributed by atoms with van der Waals surface area (Å²) in [6.45, 7) is 7.48. The molecule has 4 nitrogen and oxygen atoms in total. The third kappa shape index (κ3) is 6.52. The van der Waals surface area contributed by atoms with Crippen molar-refractivity contribution in [2.45, 2.75) is 39.7 Å². The molecule has 0 amide bonds. The molecule has 21 heavy (non-hydrogen) atoms. The zero-order valence-corrected chi connectivity index (χ0v) is 13.9. The van der Waals surface area contributed by atoms with Gasteiger partial charge in [-0.25, -0.2) is 0 Å². The second kappa shape index (κ2) is 9.27. The molecule has 118 valence electrons. The van der Waals surface area contributed by atoms with Gasteiger partial charge >= 0.3 is 0 Å². The fraction of sp³-hybridized carbons (Fsp3) is 0.588. The highest BCUT2D eigenvalue weighted by Gasteiger charge is 2.08. The number of aryl methyl sites for hydroxylation is 1. The third-order valence-electron chi connectivity index (χ3n) is 3.66. The number of aliphatic imine (C=N–C) groups is 1.